The summed E-state index contributed by atoms with van der Waals surface area (Å²) in [5, 5.41) is 3.32. The van der Waals surface area contributed by atoms with Gasteiger partial charge in [-0.1, -0.05) is 60.0 Å². The van der Waals surface area contributed by atoms with Crippen LogP contribution in [0.25, 0.3) is 0 Å². The van der Waals surface area contributed by atoms with Crippen LogP contribution >= 0.6 is 11.6 Å². The highest BCUT2D eigenvalue weighted by Crippen LogP contribution is 2.17. The Balaban J connectivity index is 2.30. The molecule has 0 aromatic heterocycles. The molecule has 1 N–H and O–H groups in total. The predicted octanol–water partition coefficient (Wildman–Crippen LogP) is 4.05. The van der Waals surface area contributed by atoms with Gasteiger partial charge in [-0.05, 0) is 43.5 Å². The molecule has 0 saturated carbocycles. The molecule has 0 spiro atoms. The number of amides is 2. The maximum atomic E-state index is 13.1. The monoisotopic (exact) mass is 386 g/mol. The molecule has 0 aliphatic rings. The van der Waals surface area contributed by atoms with Gasteiger partial charge < -0.3 is 10.2 Å². The number of aryl methyl sites for hydroxylation is 2. The molecular weight excluding hydrogens is 360 g/mol. The van der Waals surface area contributed by atoms with E-state index in [4.69, 9.17) is 11.6 Å². The molecule has 4 nitrogen and oxygen atoms in total. The third-order valence-corrected chi connectivity index (χ3v) is 4.79. The molecule has 0 fully saturated rings. The maximum Gasteiger partial charge on any atom is 0.242 e. The van der Waals surface area contributed by atoms with Crippen LogP contribution in [-0.4, -0.2) is 29.8 Å². The molecule has 27 heavy (non-hydrogen) atoms. The van der Waals surface area contributed by atoms with Gasteiger partial charge in [-0.15, -0.1) is 0 Å². The van der Waals surface area contributed by atoms with Gasteiger partial charge in [0, 0.05) is 18.6 Å². The number of nitrogens with zero attached hydrogens (tertiary/aromatic N) is 1. The van der Waals surface area contributed by atoms with Crippen LogP contribution < -0.4 is 5.32 Å². The van der Waals surface area contributed by atoms with Gasteiger partial charge in [0.1, 0.15) is 6.04 Å². The molecule has 2 rings (SSSR count). The molecule has 0 aliphatic carbocycles. The van der Waals surface area contributed by atoms with Gasteiger partial charge in [-0.3, -0.25) is 9.59 Å². The fraction of sp³-hybridized carbons (Fsp3) is 0.364. The van der Waals surface area contributed by atoms with E-state index >= 15 is 0 Å². The Hall–Kier alpha value is -2.33. The first kappa shape index (κ1) is 21.0. The lowest BCUT2D eigenvalue weighted by Crippen LogP contribution is -2.48. The standard InChI is InChI=1S/C22H27ClN2O2/c1-5-20(22(27)24-4)25(14-17-6-8-19(23)9-7-17)21(26)13-18-11-15(2)10-16(3)12-18/h6-12,20H,5,13-14H2,1-4H3,(H,24,27)/t20-/m0/s1. The zero-order chi connectivity index (χ0) is 20.0. The molecule has 0 unspecified atom stereocenters. The van der Waals surface area contributed by atoms with Gasteiger partial charge in [-0.2, -0.15) is 0 Å². The van der Waals surface area contributed by atoms with Crippen molar-refractivity contribution in [2.45, 2.75) is 46.2 Å². The summed E-state index contributed by atoms with van der Waals surface area (Å²) in [5.74, 6) is -0.217. The van der Waals surface area contributed by atoms with Crippen molar-refractivity contribution < 1.29 is 9.59 Å². The normalized spacial score (nSPS) is 11.7. The summed E-state index contributed by atoms with van der Waals surface area (Å²) in [6.45, 7) is 6.32. The Labute approximate surface area is 166 Å². The highest BCUT2D eigenvalue weighted by Gasteiger charge is 2.28. The third kappa shape index (κ3) is 5.83. The van der Waals surface area contributed by atoms with E-state index < -0.39 is 6.04 Å². The molecule has 2 amide bonds. The summed E-state index contributed by atoms with van der Waals surface area (Å²) in [4.78, 5) is 27.2. The molecule has 5 heteroatoms. The third-order valence-electron chi connectivity index (χ3n) is 4.54. The lowest BCUT2D eigenvalue weighted by molar-refractivity contribution is -0.140. The average Bonchev–Trinajstić information content (AvgIpc) is 2.61. The second kappa shape index (κ2) is 9.56. The molecule has 0 bridgehead atoms. The number of hydrogen-bond acceptors (Lipinski definition) is 2. The smallest absolute Gasteiger partial charge is 0.242 e. The quantitative estimate of drug-likeness (QED) is 0.780. The van der Waals surface area contributed by atoms with Crippen LogP contribution in [0, 0.1) is 13.8 Å². The summed E-state index contributed by atoms with van der Waals surface area (Å²) in [6.07, 6.45) is 0.815. The highest BCUT2D eigenvalue weighted by molar-refractivity contribution is 6.30. The van der Waals surface area contributed by atoms with Gasteiger partial charge >= 0.3 is 0 Å². The van der Waals surface area contributed by atoms with Crippen molar-refractivity contribution >= 4 is 23.4 Å². The number of carbonyl (C=O) groups is 2. The van der Waals surface area contributed by atoms with E-state index in [-0.39, 0.29) is 18.2 Å². The highest BCUT2D eigenvalue weighted by atomic mass is 35.5. The van der Waals surface area contributed by atoms with Crippen molar-refractivity contribution in [3.05, 3.63) is 69.7 Å². The molecule has 144 valence electrons. The first-order valence-electron chi connectivity index (χ1n) is 9.16. The van der Waals surface area contributed by atoms with E-state index in [0.717, 1.165) is 22.3 Å². The molecular formula is C22H27ClN2O2. The average molecular weight is 387 g/mol. The molecule has 1 atom stereocenters. The summed E-state index contributed by atoms with van der Waals surface area (Å²) in [6, 6.07) is 13.0. The van der Waals surface area contributed by atoms with Crippen molar-refractivity contribution in [2.75, 3.05) is 7.05 Å². The fourth-order valence-corrected chi connectivity index (χ4v) is 3.45. The van der Waals surface area contributed by atoms with E-state index in [1.807, 2.05) is 45.0 Å². The first-order chi connectivity index (χ1) is 12.8. The van der Waals surface area contributed by atoms with Crippen LogP contribution in [0.3, 0.4) is 0 Å². The number of nitrogens with one attached hydrogen (secondary N) is 1. The van der Waals surface area contributed by atoms with Gasteiger partial charge in [0.05, 0.1) is 6.42 Å². The maximum absolute atomic E-state index is 13.1. The number of carbonyl (C=O) groups excluding carboxylic acids is 2. The van der Waals surface area contributed by atoms with Gasteiger partial charge in [0.15, 0.2) is 0 Å². The van der Waals surface area contributed by atoms with E-state index in [2.05, 4.69) is 11.4 Å². The summed E-state index contributed by atoms with van der Waals surface area (Å²) in [7, 11) is 1.60. The van der Waals surface area contributed by atoms with Gasteiger partial charge in [0.2, 0.25) is 11.8 Å². The molecule has 0 saturated heterocycles. The molecule has 0 radical (unpaired) electrons. The van der Waals surface area contributed by atoms with Crippen LogP contribution in [0.15, 0.2) is 42.5 Å². The van der Waals surface area contributed by atoms with Crippen LogP contribution in [0.4, 0.5) is 0 Å². The zero-order valence-electron chi connectivity index (χ0n) is 16.4. The van der Waals surface area contributed by atoms with E-state index in [1.54, 1.807) is 24.1 Å². The first-order valence-corrected chi connectivity index (χ1v) is 9.54. The topological polar surface area (TPSA) is 49.4 Å². The Kier molecular flexibility index (Phi) is 7.43. The number of rotatable bonds is 7. The van der Waals surface area contributed by atoms with Crippen LogP contribution in [-0.2, 0) is 22.6 Å². The van der Waals surface area contributed by atoms with Crippen molar-refractivity contribution in [1.82, 2.24) is 10.2 Å². The van der Waals surface area contributed by atoms with Crippen LogP contribution in [0.2, 0.25) is 5.02 Å². The molecule has 2 aromatic carbocycles. The second-order valence-electron chi connectivity index (χ2n) is 6.86. The van der Waals surface area contributed by atoms with Crippen molar-refractivity contribution in [2.24, 2.45) is 0 Å². The lowest BCUT2D eigenvalue weighted by Gasteiger charge is -2.30. The van der Waals surface area contributed by atoms with Crippen molar-refractivity contribution in [1.29, 1.82) is 0 Å². The Morgan fingerprint density at radius 1 is 1.04 bits per heavy atom. The lowest BCUT2D eigenvalue weighted by atomic mass is 10.0. The summed E-state index contributed by atoms with van der Waals surface area (Å²) in [5.41, 5.74) is 4.15. The second-order valence-corrected chi connectivity index (χ2v) is 7.30. The SMILES string of the molecule is CC[C@@H](C(=O)NC)N(Cc1ccc(Cl)cc1)C(=O)Cc1cc(C)cc(C)c1. The van der Waals surface area contributed by atoms with Crippen molar-refractivity contribution in [3.8, 4) is 0 Å². The Bertz CT molecular complexity index is 782. The molecule has 0 aliphatic heterocycles. The Morgan fingerprint density at radius 3 is 2.15 bits per heavy atom. The van der Waals surface area contributed by atoms with Gasteiger partial charge in [0.25, 0.3) is 0 Å². The van der Waals surface area contributed by atoms with Crippen LogP contribution in [0.1, 0.15) is 35.6 Å². The van der Waals surface area contributed by atoms with Crippen molar-refractivity contribution in [3.63, 3.8) is 0 Å². The number of benzene rings is 2. The minimum absolute atomic E-state index is 0.0644. The summed E-state index contributed by atoms with van der Waals surface area (Å²) >= 11 is 5.97. The van der Waals surface area contributed by atoms with E-state index in [9.17, 15) is 9.59 Å². The van der Waals surface area contributed by atoms with E-state index in [0.29, 0.717) is 18.0 Å². The number of likely N-dealkylation sites (N-methyl/N-ethyl adjacent to an activating group) is 1. The molecule has 2 aromatic rings. The predicted molar refractivity (Wildman–Crippen MR) is 110 cm³/mol. The van der Waals surface area contributed by atoms with Crippen LogP contribution in [0.5, 0.6) is 0 Å². The van der Waals surface area contributed by atoms with E-state index in [1.165, 1.54) is 0 Å². The number of hydrogen-bond donors (Lipinski definition) is 1. The largest absolute Gasteiger partial charge is 0.357 e. The number of halogens is 1. The minimum atomic E-state index is -0.510. The molecule has 0 heterocycles. The Morgan fingerprint density at radius 2 is 1.63 bits per heavy atom. The van der Waals surface area contributed by atoms with Gasteiger partial charge in [-0.25, -0.2) is 0 Å². The minimum Gasteiger partial charge on any atom is -0.357 e. The summed E-state index contributed by atoms with van der Waals surface area (Å²) < 4.78 is 0. The fourth-order valence-electron chi connectivity index (χ4n) is 3.32. The zero-order valence-corrected chi connectivity index (χ0v) is 17.1.